The average Bonchev–Trinajstić information content (AvgIpc) is 2.84. The molecule has 0 radical (unpaired) electrons. The van der Waals surface area contributed by atoms with E-state index >= 15 is 0 Å². The van der Waals surface area contributed by atoms with Gasteiger partial charge in [-0.15, -0.1) is 11.3 Å². The molecule has 1 aromatic heterocycles. The number of nitrogens with zero attached hydrogens (tertiary/aromatic N) is 2. The first-order chi connectivity index (χ1) is 8.86. The van der Waals surface area contributed by atoms with Crippen LogP contribution in [0.3, 0.4) is 0 Å². The van der Waals surface area contributed by atoms with E-state index in [1.54, 1.807) is 15.8 Å². The topological polar surface area (TPSA) is 60.9 Å². The van der Waals surface area contributed by atoms with Gasteiger partial charge in [0.2, 0.25) is 0 Å². The highest BCUT2D eigenvalue weighted by Gasteiger charge is 2.35. The van der Waals surface area contributed by atoms with Crippen LogP contribution in [-0.2, 0) is 16.6 Å². The Morgan fingerprint density at radius 1 is 1.37 bits per heavy atom. The Labute approximate surface area is 118 Å². The Bertz CT molecular complexity index is 529. The molecule has 5 nitrogen and oxygen atoms in total. The lowest BCUT2D eigenvalue weighted by Gasteiger charge is -2.41. The molecule has 1 saturated heterocycles. The maximum Gasteiger partial charge on any atom is 0.252 e. The molecule has 7 heteroatoms. The normalized spacial score (nSPS) is 26.7. The first-order valence-corrected chi connectivity index (χ1v) is 8.58. The SMILES string of the molecule is CC1CN(S(=O)(=O)c2cc(CO)cs2)CC(C)N1C. The van der Waals surface area contributed by atoms with Crippen molar-refractivity contribution in [3.63, 3.8) is 0 Å². The molecule has 2 unspecified atom stereocenters. The van der Waals surface area contributed by atoms with E-state index in [2.05, 4.69) is 4.90 Å². The molecule has 2 rings (SSSR count). The van der Waals surface area contributed by atoms with Crippen LogP contribution in [0.4, 0.5) is 0 Å². The predicted octanol–water partition coefficient (Wildman–Crippen LogP) is 0.954. The Morgan fingerprint density at radius 3 is 2.42 bits per heavy atom. The predicted molar refractivity (Wildman–Crippen MR) is 75.7 cm³/mol. The summed E-state index contributed by atoms with van der Waals surface area (Å²) in [5.41, 5.74) is 0.652. The third kappa shape index (κ3) is 2.85. The van der Waals surface area contributed by atoms with E-state index in [1.807, 2.05) is 20.9 Å². The molecule has 1 N–H and O–H groups in total. The number of piperazine rings is 1. The Hall–Kier alpha value is -0.470. The average molecular weight is 304 g/mol. The van der Waals surface area contributed by atoms with Gasteiger partial charge in [-0.05, 0) is 37.9 Å². The van der Waals surface area contributed by atoms with E-state index in [9.17, 15) is 8.42 Å². The third-order valence-electron chi connectivity index (χ3n) is 3.73. The molecular weight excluding hydrogens is 284 g/mol. The quantitative estimate of drug-likeness (QED) is 0.903. The summed E-state index contributed by atoms with van der Waals surface area (Å²) in [7, 11) is -1.40. The standard InChI is InChI=1S/C12H20N2O3S2/c1-9-5-14(6-10(2)13(9)3)19(16,17)12-4-11(7-15)8-18-12/h4,8-10,15H,5-7H2,1-3H3. The lowest BCUT2D eigenvalue weighted by Crippen LogP contribution is -2.56. The van der Waals surface area contributed by atoms with Gasteiger partial charge in [-0.1, -0.05) is 0 Å². The summed E-state index contributed by atoms with van der Waals surface area (Å²) >= 11 is 1.17. The zero-order chi connectivity index (χ0) is 14.2. The molecule has 0 bridgehead atoms. The van der Waals surface area contributed by atoms with Gasteiger partial charge in [0.25, 0.3) is 10.0 Å². The zero-order valence-corrected chi connectivity index (χ0v) is 13.0. The van der Waals surface area contributed by atoms with Crippen LogP contribution >= 0.6 is 11.3 Å². The minimum atomic E-state index is -3.43. The van der Waals surface area contributed by atoms with Crippen molar-refractivity contribution in [2.45, 2.75) is 36.7 Å². The number of hydrogen-bond donors (Lipinski definition) is 1. The molecule has 0 aliphatic carbocycles. The molecule has 0 amide bonds. The molecule has 19 heavy (non-hydrogen) atoms. The third-order valence-corrected chi connectivity index (χ3v) is 7.03. The monoisotopic (exact) mass is 304 g/mol. The molecule has 0 saturated carbocycles. The van der Waals surface area contributed by atoms with Crippen molar-refractivity contribution in [3.05, 3.63) is 17.0 Å². The van der Waals surface area contributed by atoms with Crippen LogP contribution in [-0.4, -0.2) is 55.0 Å². The number of likely N-dealkylation sites (N-methyl/N-ethyl adjacent to an activating group) is 1. The Kier molecular flexibility index (Phi) is 4.32. The lowest BCUT2D eigenvalue weighted by atomic mass is 10.1. The highest BCUT2D eigenvalue weighted by Crippen LogP contribution is 2.26. The Morgan fingerprint density at radius 2 is 1.95 bits per heavy atom. The summed E-state index contributed by atoms with van der Waals surface area (Å²) in [6.45, 7) is 4.96. The number of aliphatic hydroxyl groups is 1. The van der Waals surface area contributed by atoms with Crippen LogP contribution in [0.5, 0.6) is 0 Å². The van der Waals surface area contributed by atoms with Gasteiger partial charge in [0.15, 0.2) is 0 Å². The van der Waals surface area contributed by atoms with E-state index in [4.69, 9.17) is 5.11 Å². The van der Waals surface area contributed by atoms with Crippen LogP contribution in [0, 0.1) is 0 Å². The molecule has 1 aliphatic heterocycles. The summed E-state index contributed by atoms with van der Waals surface area (Å²) in [6, 6.07) is 1.97. The number of aliphatic hydroxyl groups excluding tert-OH is 1. The molecule has 0 spiro atoms. The van der Waals surface area contributed by atoms with Crippen LogP contribution in [0.2, 0.25) is 0 Å². The van der Waals surface area contributed by atoms with E-state index in [0.717, 1.165) is 0 Å². The van der Waals surface area contributed by atoms with Gasteiger partial charge in [0.05, 0.1) is 6.61 Å². The second-order valence-corrected chi connectivity index (χ2v) is 8.19. The van der Waals surface area contributed by atoms with Crippen molar-refractivity contribution in [1.82, 2.24) is 9.21 Å². The van der Waals surface area contributed by atoms with Gasteiger partial charge >= 0.3 is 0 Å². The van der Waals surface area contributed by atoms with Gasteiger partial charge in [-0.2, -0.15) is 4.31 Å². The van der Waals surface area contributed by atoms with Gasteiger partial charge in [-0.25, -0.2) is 8.42 Å². The summed E-state index contributed by atoms with van der Waals surface area (Å²) in [5, 5.41) is 10.7. The van der Waals surface area contributed by atoms with Crippen molar-refractivity contribution in [2.24, 2.45) is 0 Å². The number of sulfonamides is 1. The van der Waals surface area contributed by atoms with E-state index in [1.165, 1.54) is 11.3 Å². The first-order valence-electron chi connectivity index (χ1n) is 6.26. The highest BCUT2D eigenvalue weighted by molar-refractivity contribution is 7.91. The minimum Gasteiger partial charge on any atom is -0.392 e. The van der Waals surface area contributed by atoms with Crippen molar-refractivity contribution < 1.29 is 13.5 Å². The van der Waals surface area contributed by atoms with Gasteiger partial charge < -0.3 is 5.11 Å². The fourth-order valence-electron chi connectivity index (χ4n) is 2.25. The number of hydrogen-bond acceptors (Lipinski definition) is 5. The fraction of sp³-hybridized carbons (Fsp3) is 0.667. The molecule has 108 valence electrons. The second kappa shape index (κ2) is 5.49. The fourth-order valence-corrected chi connectivity index (χ4v) is 5.21. The summed E-state index contributed by atoms with van der Waals surface area (Å²) in [5.74, 6) is 0. The van der Waals surface area contributed by atoms with Crippen molar-refractivity contribution in [1.29, 1.82) is 0 Å². The molecule has 1 aromatic rings. The van der Waals surface area contributed by atoms with Gasteiger partial charge in [-0.3, -0.25) is 4.90 Å². The van der Waals surface area contributed by atoms with Gasteiger partial charge in [0.1, 0.15) is 4.21 Å². The van der Waals surface area contributed by atoms with Crippen LogP contribution < -0.4 is 0 Å². The van der Waals surface area contributed by atoms with Gasteiger partial charge in [0, 0.05) is 25.2 Å². The summed E-state index contributed by atoms with van der Waals surface area (Å²) < 4.78 is 27.0. The zero-order valence-electron chi connectivity index (χ0n) is 11.4. The maximum atomic E-state index is 12.6. The second-order valence-electron chi connectivity index (χ2n) is 5.12. The molecule has 1 fully saturated rings. The van der Waals surface area contributed by atoms with Crippen molar-refractivity contribution >= 4 is 21.4 Å². The molecular formula is C12H20N2O3S2. The first kappa shape index (κ1) is 14.9. The highest BCUT2D eigenvalue weighted by atomic mass is 32.2. The van der Waals surface area contributed by atoms with Crippen LogP contribution in [0.15, 0.2) is 15.7 Å². The molecule has 2 heterocycles. The number of rotatable bonds is 3. The lowest BCUT2D eigenvalue weighted by molar-refractivity contribution is 0.105. The van der Waals surface area contributed by atoms with E-state index in [0.29, 0.717) is 22.9 Å². The number of thiophene rings is 1. The summed E-state index contributed by atoms with van der Waals surface area (Å²) in [4.78, 5) is 2.19. The maximum absolute atomic E-state index is 12.6. The van der Waals surface area contributed by atoms with Crippen molar-refractivity contribution in [2.75, 3.05) is 20.1 Å². The molecule has 1 aliphatic rings. The van der Waals surface area contributed by atoms with Crippen LogP contribution in [0.1, 0.15) is 19.4 Å². The van der Waals surface area contributed by atoms with E-state index < -0.39 is 10.0 Å². The molecule has 0 aromatic carbocycles. The largest absolute Gasteiger partial charge is 0.392 e. The van der Waals surface area contributed by atoms with E-state index in [-0.39, 0.29) is 18.7 Å². The smallest absolute Gasteiger partial charge is 0.252 e. The summed E-state index contributed by atoms with van der Waals surface area (Å²) in [6.07, 6.45) is 0. The molecule has 2 atom stereocenters. The minimum absolute atomic E-state index is 0.123. The van der Waals surface area contributed by atoms with Crippen molar-refractivity contribution in [3.8, 4) is 0 Å². The van der Waals surface area contributed by atoms with Crippen LogP contribution in [0.25, 0.3) is 0 Å². The Balaban J connectivity index is 2.25.